The van der Waals surface area contributed by atoms with Gasteiger partial charge in [-0.25, -0.2) is 14.5 Å². The van der Waals surface area contributed by atoms with Crippen LogP contribution >= 0.6 is 11.3 Å². The minimum absolute atomic E-state index is 0.142. The van der Waals surface area contributed by atoms with Crippen LogP contribution in [-0.4, -0.2) is 44.7 Å². The molecule has 106 valence electrons. The Morgan fingerprint density at radius 2 is 2.37 bits per heavy atom. The minimum atomic E-state index is -3.70. The van der Waals surface area contributed by atoms with Crippen molar-refractivity contribution >= 4 is 38.7 Å². The molecule has 1 heterocycles. The lowest BCUT2D eigenvalue weighted by Crippen LogP contribution is -2.32. The first-order valence-electron chi connectivity index (χ1n) is 5.06. The van der Waals surface area contributed by atoms with Crippen LogP contribution in [0.3, 0.4) is 0 Å². The van der Waals surface area contributed by atoms with Crippen molar-refractivity contribution in [3.05, 3.63) is 17.2 Å². The number of aromatic nitrogens is 1. The molecule has 0 aromatic carbocycles. The van der Waals surface area contributed by atoms with E-state index in [0.717, 1.165) is 17.4 Å². The summed E-state index contributed by atoms with van der Waals surface area (Å²) in [5.74, 6) is -1.09. The molecule has 8 nitrogen and oxygen atoms in total. The summed E-state index contributed by atoms with van der Waals surface area (Å²) in [5.41, 5.74) is 0. The molecular weight excluding hydrogens is 294 g/mol. The summed E-state index contributed by atoms with van der Waals surface area (Å²) >= 11 is 1.02. The van der Waals surface area contributed by atoms with Gasteiger partial charge in [0.05, 0.1) is 6.61 Å². The van der Waals surface area contributed by atoms with Gasteiger partial charge in [-0.05, 0) is 6.08 Å². The van der Waals surface area contributed by atoms with E-state index in [0.29, 0.717) is 4.88 Å². The number of methoxy groups -OCH3 is 1. The maximum atomic E-state index is 11.5. The Hall–Kier alpha value is -1.49. The van der Waals surface area contributed by atoms with Crippen molar-refractivity contribution in [2.45, 2.75) is 0 Å². The van der Waals surface area contributed by atoms with Gasteiger partial charge in [-0.2, -0.15) is 13.1 Å². The van der Waals surface area contributed by atoms with E-state index in [1.54, 1.807) is 0 Å². The number of rotatable bonds is 8. The lowest BCUT2D eigenvalue weighted by molar-refractivity contribution is -0.131. The van der Waals surface area contributed by atoms with E-state index in [1.165, 1.54) is 19.4 Å². The predicted molar refractivity (Wildman–Crippen MR) is 71.2 cm³/mol. The van der Waals surface area contributed by atoms with Crippen LogP contribution in [0.2, 0.25) is 0 Å². The smallest absolute Gasteiger partial charge is 0.328 e. The summed E-state index contributed by atoms with van der Waals surface area (Å²) in [6, 6.07) is 0. The van der Waals surface area contributed by atoms with E-state index in [4.69, 9.17) is 9.84 Å². The molecule has 3 N–H and O–H groups in total. The zero-order chi connectivity index (χ0) is 14.3. The van der Waals surface area contributed by atoms with Gasteiger partial charge in [-0.3, -0.25) is 0 Å². The molecule has 0 saturated heterocycles. The van der Waals surface area contributed by atoms with Crippen LogP contribution in [0.25, 0.3) is 6.08 Å². The second-order valence-corrected chi connectivity index (χ2v) is 5.79. The highest BCUT2D eigenvalue weighted by molar-refractivity contribution is 7.91. The molecule has 0 spiro atoms. The normalized spacial score (nSPS) is 11.8. The predicted octanol–water partition coefficient (Wildman–Crippen LogP) is 0.134. The van der Waals surface area contributed by atoms with E-state index in [2.05, 4.69) is 14.4 Å². The van der Waals surface area contributed by atoms with Crippen LogP contribution in [0.15, 0.2) is 12.3 Å². The molecule has 0 bridgehead atoms. The summed E-state index contributed by atoms with van der Waals surface area (Å²) in [7, 11) is -2.24. The van der Waals surface area contributed by atoms with Crippen molar-refractivity contribution in [3.63, 3.8) is 0 Å². The third-order valence-electron chi connectivity index (χ3n) is 1.73. The molecule has 0 aliphatic carbocycles. The standard InChI is InChI=1S/C9H13N3O5S2/c1-17-5-4-11-19(15,16)12-9-10-6-7(18-9)2-3-8(13)14/h2-3,6,11H,4-5H2,1H3,(H,10,12)(H,13,14)/b3-2+. The number of hydrogen-bond acceptors (Lipinski definition) is 6. The Morgan fingerprint density at radius 3 is 3.00 bits per heavy atom. The Balaban J connectivity index is 2.60. The van der Waals surface area contributed by atoms with Gasteiger partial charge in [0, 0.05) is 30.8 Å². The number of carboxylic acids is 1. The van der Waals surface area contributed by atoms with Crippen LogP contribution in [0.5, 0.6) is 0 Å². The molecule has 0 unspecified atom stereocenters. The van der Waals surface area contributed by atoms with E-state index < -0.39 is 16.2 Å². The molecule has 10 heteroatoms. The third kappa shape index (κ3) is 6.29. The zero-order valence-electron chi connectivity index (χ0n) is 9.99. The fourth-order valence-corrected chi connectivity index (χ4v) is 2.77. The average Bonchev–Trinajstić information content (AvgIpc) is 2.73. The van der Waals surface area contributed by atoms with Gasteiger partial charge in [0.25, 0.3) is 0 Å². The second kappa shape index (κ2) is 7.19. The van der Waals surface area contributed by atoms with E-state index in [1.807, 2.05) is 0 Å². The van der Waals surface area contributed by atoms with Crippen molar-refractivity contribution in [2.75, 3.05) is 25.0 Å². The van der Waals surface area contributed by atoms with Gasteiger partial charge in [0.15, 0.2) is 5.13 Å². The van der Waals surface area contributed by atoms with Gasteiger partial charge >= 0.3 is 16.2 Å². The second-order valence-electron chi connectivity index (χ2n) is 3.23. The number of carbonyl (C=O) groups is 1. The zero-order valence-corrected chi connectivity index (χ0v) is 11.6. The molecule has 0 atom stereocenters. The minimum Gasteiger partial charge on any atom is -0.478 e. The third-order valence-corrected chi connectivity index (χ3v) is 3.79. The maximum absolute atomic E-state index is 11.5. The molecule has 0 saturated carbocycles. The fraction of sp³-hybridized carbons (Fsp3) is 0.333. The van der Waals surface area contributed by atoms with Gasteiger partial charge in [-0.15, -0.1) is 0 Å². The lowest BCUT2D eigenvalue weighted by Gasteiger charge is -2.05. The molecule has 0 aliphatic heterocycles. The number of anilines is 1. The largest absolute Gasteiger partial charge is 0.478 e. The van der Waals surface area contributed by atoms with Gasteiger partial charge in [-0.1, -0.05) is 11.3 Å². The summed E-state index contributed by atoms with van der Waals surface area (Å²) in [4.78, 5) is 14.7. The molecular formula is C9H13N3O5S2. The molecule has 0 aliphatic rings. The Bertz CT molecular complexity index is 552. The number of nitrogens with one attached hydrogen (secondary N) is 2. The van der Waals surface area contributed by atoms with Crippen molar-refractivity contribution in [1.82, 2.24) is 9.71 Å². The molecule has 0 radical (unpaired) electrons. The number of hydrogen-bond donors (Lipinski definition) is 3. The van der Waals surface area contributed by atoms with Crippen molar-refractivity contribution in [1.29, 1.82) is 0 Å². The number of thiazole rings is 1. The van der Waals surface area contributed by atoms with Gasteiger partial charge in [0.2, 0.25) is 0 Å². The number of aliphatic carboxylic acids is 1. The molecule has 0 amide bonds. The highest BCUT2D eigenvalue weighted by Crippen LogP contribution is 2.19. The van der Waals surface area contributed by atoms with Crippen LogP contribution < -0.4 is 9.44 Å². The average molecular weight is 307 g/mol. The first-order chi connectivity index (χ1) is 8.93. The highest BCUT2D eigenvalue weighted by atomic mass is 32.2. The molecule has 1 rings (SSSR count). The van der Waals surface area contributed by atoms with Crippen LogP contribution in [0, 0.1) is 0 Å². The first-order valence-corrected chi connectivity index (χ1v) is 7.36. The molecule has 19 heavy (non-hydrogen) atoms. The van der Waals surface area contributed by atoms with E-state index >= 15 is 0 Å². The summed E-state index contributed by atoms with van der Waals surface area (Å²) in [6.45, 7) is 0.397. The Kier molecular flexibility index (Phi) is 5.89. The molecule has 1 aromatic rings. The van der Waals surface area contributed by atoms with Gasteiger partial charge < -0.3 is 9.84 Å². The monoisotopic (exact) mass is 307 g/mol. The Labute approximate surface area is 114 Å². The first kappa shape index (κ1) is 15.6. The van der Waals surface area contributed by atoms with E-state index in [9.17, 15) is 13.2 Å². The van der Waals surface area contributed by atoms with Crippen LogP contribution in [0.1, 0.15) is 4.88 Å². The van der Waals surface area contributed by atoms with Crippen molar-refractivity contribution in [3.8, 4) is 0 Å². The summed E-state index contributed by atoms with van der Waals surface area (Å²) < 4.78 is 32.2. The number of carboxylic acid groups (broad SMARTS) is 1. The number of ether oxygens (including phenoxy) is 1. The number of nitrogens with zero attached hydrogens (tertiary/aromatic N) is 1. The quantitative estimate of drug-likeness (QED) is 0.464. The SMILES string of the molecule is COCCNS(=O)(=O)Nc1ncc(/C=C/C(=O)O)s1. The van der Waals surface area contributed by atoms with Crippen molar-refractivity contribution in [2.24, 2.45) is 0 Å². The van der Waals surface area contributed by atoms with Crippen molar-refractivity contribution < 1.29 is 23.1 Å². The summed E-state index contributed by atoms with van der Waals surface area (Å²) in [6.07, 6.45) is 3.65. The molecule has 0 fully saturated rings. The molecule has 1 aromatic heterocycles. The Morgan fingerprint density at radius 1 is 1.63 bits per heavy atom. The van der Waals surface area contributed by atoms with Gasteiger partial charge in [0.1, 0.15) is 0 Å². The fourth-order valence-electron chi connectivity index (χ4n) is 0.993. The highest BCUT2D eigenvalue weighted by Gasteiger charge is 2.11. The lowest BCUT2D eigenvalue weighted by atomic mass is 10.4. The van der Waals surface area contributed by atoms with Crippen LogP contribution in [-0.2, 0) is 19.7 Å². The maximum Gasteiger partial charge on any atom is 0.328 e. The summed E-state index contributed by atoms with van der Waals surface area (Å²) in [5, 5.41) is 8.60. The van der Waals surface area contributed by atoms with E-state index in [-0.39, 0.29) is 18.3 Å². The van der Waals surface area contributed by atoms with Crippen LogP contribution in [0.4, 0.5) is 5.13 Å². The topological polar surface area (TPSA) is 118 Å².